The Morgan fingerprint density at radius 2 is 1.66 bits per heavy atom. The molecule has 1 N–H and O–H groups in total. The molecule has 0 aromatic heterocycles. The Morgan fingerprint density at radius 1 is 1.03 bits per heavy atom. The number of amides is 2. The Morgan fingerprint density at radius 3 is 2.14 bits per heavy atom. The smallest absolute Gasteiger partial charge is 0.251 e. The Labute approximate surface area is 170 Å². The second-order valence-electron chi connectivity index (χ2n) is 6.85. The predicted octanol–water partition coefficient (Wildman–Crippen LogP) is 3.33. The van der Waals surface area contributed by atoms with Crippen molar-refractivity contribution >= 4 is 17.5 Å². The molecule has 1 fully saturated rings. The Balaban J connectivity index is 1.74. The number of nitrogens with zero attached hydrogens (tertiary/aromatic N) is 1. The number of anilines is 1. The maximum Gasteiger partial charge on any atom is 0.251 e. The zero-order valence-corrected chi connectivity index (χ0v) is 17.2. The van der Waals surface area contributed by atoms with E-state index in [-0.39, 0.29) is 17.9 Å². The van der Waals surface area contributed by atoms with Crippen molar-refractivity contribution in [1.82, 2.24) is 5.32 Å². The van der Waals surface area contributed by atoms with E-state index < -0.39 is 0 Å². The van der Waals surface area contributed by atoms with E-state index in [1.165, 1.54) is 0 Å². The van der Waals surface area contributed by atoms with E-state index in [1.54, 1.807) is 38.4 Å². The maximum absolute atomic E-state index is 12.7. The van der Waals surface area contributed by atoms with Crippen LogP contribution in [0.3, 0.4) is 0 Å². The molecule has 1 heterocycles. The predicted molar refractivity (Wildman–Crippen MR) is 110 cm³/mol. The number of ether oxygens (including phenoxy) is 3. The third-order valence-electron chi connectivity index (χ3n) is 5.05. The van der Waals surface area contributed by atoms with Gasteiger partial charge in [-0.1, -0.05) is 0 Å². The molecule has 0 aliphatic carbocycles. The lowest BCUT2D eigenvalue weighted by Crippen LogP contribution is -2.27. The lowest BCUT2D eigenvalue weighted by atomic mass is 10.1. The molecule has 0 spiro atoms. The number of hydrogen-bond donors (Lipinski definition) is 1. The number of nitrogens with one attached hydrogen (secondary N) is 1. The molecule has 154 valence electrons. The first-order valence-electron chi connectivity index (χ1n) is 9.49. The molecule has 1 saturated heterocycles. The number of methoxy groups -OCH3 is 3. The summed E-state index contributed by atoms with van der Waals surface area (Å²) in [6.45, 7) is 2.61. The van der Waals surface area contributed by atoms with Crippen LogP contribution in [-0.2, 0) is 4.79 Å². The summed E-state index contributed by atoms with van der Waals surface area (Å²) in [6.07, 6.45) is 1.45. The van der Waals surface area contributed by atoms with E-state index in [1.807, 2.05) is 31.2 Å². The van der Waals surface area contributed by atoms with Gasteiger partial charge in [-0.15, -0.1) is 0 Å². The van der Waals surface area contributed by atoms with Crippen molar-refractivity contribution in [2.45, 2.75) is 25.8 Å². The molecular formula is C22H26N2O5. The summed E-state index contributed by atoms with van der Waals surface area (Å²) in [5, 5.41) is 2.98. The van der Waals surface area contributed by atoms with Crippen LogP contribution in [-0.4, -0.2) is 39.7 Å². The minimum absolute atomic E-state index is 0.123. The zero-order valence-electron chi connectivity index (χ0n) is 17.2. The van der Waals surface area contributed by atoms with Crippen LogP contribution >= 0.6 is 0 Å². The fraction of sp³-hybridized carbons (Fsp3) is 0.364. The first-order valence-corrected chi connectivity index (χ1v) is 9.49. The number of benzene rings is 2. The van der Waals surface area contributed by atoms with Crippen LogP contribution in [0.1, 0.15) is 41.7 Å². The van der Waals surface area contributed by atoms with E-state index >= 15 is 0 Å². The van der Waals surface area contributed by atoms with Gasteiger partial charge in [0.2, 0.25) is 11.7 Å². The first-order chi connectivity index (χ1) is 14.0. The van der Waals surface area contributed by atoms with Gasteiger partial charge in [-0.3, -0.25) is 9.59 Å². The fourth-order valence-corrected chi connectivity index (χ4v) is 3.43. The summed E-state index contributed by atoms with van der Waals surface area (Å²) in [7, 11) is 4.65. The molecule has 2 aromatic carbocycles. The highest BCUT2D eigenvalue weighted by atomic mass is 16.5. The van der Waals surface area contributed by atoms with Crippen molar-refractivity contribution in [3.05, 3.63) is 47.5 Å². The highest BCUT2D eigenvalue weighted by Gasteiger charge is 2.22. The third kappa shape index (κ3) is 4.29. The monoisotopic (exact) mass is 398 g/mol. The number of carbonyl (C=O) groups is 2. The lowest BCUT2D eigenvalue weighted by Gasteiger charge is -2.19. The molecule has 7 heteroatoms. The quantitative estimate of drug-likeness (QED) is 0.774. The number of rotatable bonds is 7. The Hall–Kier alpha value is -3.22. The minimum Gasteiger partial charge on any atom is -0.493 e. The van der Waals surface area contributed by atoms with Gasteiger partial charge in [-0.05, 0) is 55.3 Å². The molecule has 1 atom stereocenters. The minimum atomic E-state index is -0.281. The molecule has 3 rings (SSSR count). The molecule has 29 heavy (non-hydrogen) atoms. The molecule has 1 unspecified atom stereocenters. The summed E-state index contributed by atoms with van der Waals surface area (Å²) in [5.41, 5.74) is 2.17. The molecule has 1 aliphatic heterocycles. The molecule has 0 bridgehead atoms. The van der Waals surface area contributed by atoms with Gasteiger partial charge in [0.15, 0.2) is 11.5 Å². The van der Waals surface area contributed by atoms with Crippen LogP contribution < -0.4 is 24.4 Å². The summed E-state index contributed by atoms with van der Waals surface area (Å²) < 4.78 is 16.1. The largest absolute Gasteiger partial charge is 0.493 e. The van der Waals surface area contributed by atoms with Crippen molar-refractivity contribution < 1.29 is 23.8 Å². The topological polar surface area (TPSA) is 77.1 Å². The van der Waals surface area contributed by atoms with Gasteiger partial charge in [-0.2, -0.15) is 0 Å². The normalized spacial score (nSPS) is 14.5. The lowest BCUT2D eigenvalue weighted by molar-refractivity contribution is -0.117. The molecular weight excluding hydrogens is 372 g/mol. The fourth-order valence-electron chi connectivity index (χ4n) is 3.43. The van der Waals surface area contributed by atoms with E-state index in [2.05, 4.69) is 5.32 Å². The summed E-state index contributed by atoms with van der Waals surface area (Å²) in [5.74, 6) is 1.48. The van der Waals surface area contributed by atoms with Crippen LogP contribution in [0.4, 0.5) is 5.69 Å². The van der Waals surface area contributed by atoms with Crippen molar-refractivity contribution in [2.75, 3.05) is 32.8 Å². The summed E-state index contributed by atoms with van der Waals surface area (Å²) in [6, 6.07) is 10.4. The molecule has 2 amide bonds. The standard InChI is InChI=1S/C22H26N2O5/c1-14(16-12-18(27-2)21(29-4)19(13-16)28-3)23-22(26)15-7-9-17(10-8-15)24-11-5-6-20(24)25/h7-10,12-14H,5-6,11H2,1-4H3,(H,23,26). The second kappa shape index (κ2) is 8.86. The van der Waals surface area contributed by atoms with Gasteiger partial charge in [-0.25, -0.2) is 0 Å². The second-order valence-corrected chi connectivity index (χ2v) is 6.85. The van der Waals surface area contributed by atoms with Crippen molar-refractivity contribution in [1.29, 1.82) is 0 Å². The van der Waals surface area contributed by atoms with E-state index in [9.17, 15) is 9.59 Å². The van der Waals surface area contributed by atoms with Crippen molar-refractivity contribution in [3.8, 4) is 17.2 Å². The van der Waals surface area contributed by atoms with Gasteiger partial charge >= 0.3 is 0 Å². The number of carbonyl (C=O) groups excluding carboxylic acids is 2. The molecule has 2 aromatic rings. The van der Waals surface area contributed by atoms with Crippen LogP contribution in [0.5, 0.6) is 17.2 Å². The molecule has 1 aliphatic rings. The average Bonchev–Trinajstić information content (AvgIpc) is 3.18. The SMILES string of the molecule is COc1cc(C(C)NC(=O)c2ccc(N3CCCC3=O)cc2)cc(OC)c1OC. The molecule has 0 radical (unpaired) electrons. The Bertz CT molecular complexity index is 870. The van der Waals surface area contributed by atoms with Crippen LogP contribution in [0.2, 0.25) is 0 Å². The highest BCUT2D eigenvalue weighted by Crippen LogP contribution is 2.39. The van der Waals surface area contributed by atoms with Gasteiger partial charge in [0.05, 0.1) is 27.4 Å². The van der Waals surface area contributed by atoms with Crippen LogP contribution in [0.15, 0.2) is 36.4 Å². The highest BCUT2D eigenvalue weighted by molar-refractivity contribution is 5.97. The van der Waals surface area contributed by atoms with E-state index in [4.69, 9.17) is 14.2 Å². The van der Waals surface area contributed by atoms with Crippen molar-refractivity contribution in [2.24, 2.45) is 0 Å². The Kier molecular flexibility index (Phi) is 6.26. The maximum atomic E-state index is 12.7. The van der Waals surface area contributed by atoms with Gasteiger partial charge in [0, 0.05) is 24.2 Å². The first kappa shape index (κ1) is 20.5. The van der Waals surface area contributed by atoms with E-state index in [0.29, 0.717) is 29.2 Å². The third-order valence-corrected chi connectivity index (χ3v) is 5.05. The van der Waals surface area contributed by atoms with Gasteiger partial charge in [0.25, 0.3) is 5.91 Å². The molecule has 7 nitrogen and oxygen atoms in total. The van der Waals surface area contributed by atoms with Crippen molar-refractivity contribution in [3.63, 3.8) is 0 Å². The van der Waals surface area contributed by atoms with Gasteiger partial charge < -0.3 is 24.4 Å². The zero-order chi connectivity index (χ0) is 21.0. The average molecular weight is 398 g/mol. The van der Waals surface area contributed by atoms with Crippen LogP contribution in [0, 0.1) is 0 Å². The van der Waals surface area contributed by atoms with Crippen LogP contribution in [0.25, 0.3) is 0 Å². The number of hydrogen-bond acceptors (Lipinski definition) is 5. The summed E-state index contributed by atoms with van der Waals surface area (Å²) >= 11 is 0. The summed E-state index contributed by atoms with van der Waals surface area (Å²) in [4.78, 5) is 26.3. The van der Waals surface area contributed by atoms with Gasteiger partial charge in [0.1, 0.15) is 0 Å². The molecule has 0 saturated carbocycles. The van der Waals surface area contributed by atoms with E-state index in [0.717, 1.165) is 24.2 Å².